The zero-order valence-corrected chi connectivity index (χ0v) is 17.1. The van der Waals surface area contributed by atoms with Gasteiger partial charge >= 0.3 is 6.03 Å². The van der Waals surface area contributed by atoms with E-state index < -0.39 is 23.7 Å². The number of rotatable bonds is 4. The van der Waals surface area contributed by atoms with Gasteiger partial charge in [-0.1, -0.05) is 36.4 Å². The number of hydrogen-bond acceptors (Lipinski definition) is 3. The van der Waals surface area contributed by atoms with Crippen LogP contribution in [0.2, 0.25) is 0 Å². The molecule has 1 fully saturated rings. The van der Waals surface area contributed by atoms with Crippen LogP contribution in [0.3, 0.4) is 0 Å². The molecular formula is C23H23F2N3O3. The van der Waals surface area contributed by atoms with Gasteiger partial charge in [-0.15, -0.1) is 0 Å². The molecule has 2 aromatic rings. The maximum absolute atomic E-state index is 14.6. The van der Waals surface area contributed by atoms with Crippen molar-refractivity contribution < 1.29 is 23.1 Å². The lowest BCUT2D eigenvalue weighted by Crippen LogP contribution is -2.51. The first-order valence-electron chi connectivity index (χ1n) is 10.1. The SMILES string of the molecule is CC1=C(C(=O)N2CCOCC2)[C@H](c2ccc(F)cc2F)NC(=O)N1Cc1ccccc1. The van der Waals surface area contributed by atoms with Crippen molar-refractivity contribution in [1.29, 1.82) is 0 Å². The van der Waals surface area contributed by atoms with Crippen LogP contribution in [0.4, 0.5) is 13.6 Å². The Balaban J connectivity index is 1.77. The van der Waals surface area contributed by atoms with Crippen molar-refractivity contribution >= 4 is 11.9 Å². The highest BCUT2D eigenvalue weighted by atomic mass is 19.1. The average molecular weight is 427 g/mol. The predicted molar refractivity (Wildman–Crippen MR) is 110 cm³/mol. The van der Waals surface area contributed by atoms with Gasteiger partial charge in [-0.25, -0.2) is 13.6 Å². The van der Waals surface area contributed by atoms with Crippen LogP contribution in [-0.4, -0.2) is 48.0 Å². The third-order valence-corrected chi connectivity index (χ3v) is 5.58. The summed E-state index contributed by atoms with van der Waals surface area (Å²) in [5, 5.41) is 2.75. The quantitative estimate of drug-likeness (QED) is 0.814. The minimum atomic E-state index is -1.02. The predicted octanol–water partition coefficient (Wildman–Crippen LogP) is 3.36. The minimum absolute atomic E-state index is 0.0464. The van der Waals surface area contributed by atoms with E-state index in [9.17, 15) is 18.4 Å². The lowest BCUT2D eigenvalue weighted by Gasteiger charge is -2.38. The smallest absolute Gasteiger partial charge is 0.322 e. The Morgan fingerprint density at radius 2 is 1.84 bits per heavy atom. The van der Waals surface area contributed by atoms with Gasteiger partial charge in [0.2, 0.25) is 0 Å². The number of benzene rings is 2. The Morgan fingerprint density at radius 3 is 2.52 bits per heavy atom. The van der Waals surface area contributed by atoms with E-state index in [2.05, 4.69) is 5.32 Å². The first kappa shape index (κ1) is 21.0. The summed E-state index contributed by atoms with van der Waals surface area (Å²) in [7, 11) is 0. The Hall–Kier alpha value is -3.26. The van der Waals surface area contributed by atoms with Crippen molar-refractivity contribution in [2.45, 2.75) is 19.5 Å². The molecule has 2 aliphatic rings. The van der Waals surface area contributed by atoms with Crippen LogP contribution in [-0.2, 0) is 16.1 Å². The molecule has 3 amide bonds. The summed E-state index contributed by atoms with van der Waals surface area (Å²) in [5.74, 6) is -1.84. The Labute approximate surface area is 179 Å². The number of amides is 3. The average Bonchev–Trinajstić information content (AvgIpc) is 2.77. The maximum atomic E-state index is 14.6. The Morgan fingerprint density at radius 1 is 1.13 bits per heavy atom. The van der Waals surface area contributed by atoms with Crippen LogP contribution in [0.5, 0.6) is 0 Å². The highest BCUT2D eigenvalue weighted by molar-refractivity contribution is 5.98. The van der Waals surface area contributed by atoms with Gasteiger partial charge in [0.25, 0.3) is 5.91 Å². The van der Waals surface area contributed by atoms with Crippen LogP contribution in [0.1, 0.15) is 24.1 Å². The minimum Gasteiger partial charge on any atom is -0.378 e. The first-order valence-corrected chi connectivity index (χ1v) is 10.1. The van der Waals surface area contributed by atoms with Gasteiger partial charge < -0.3 is 15.0 Å². The van der Waals surface area contributed by atoms with E-state index in [4.69, 9.17) is 4.74 Å². The number of carbonyl (C=O) groups is 2. The van der Waals surface area contributed by atoms with Gasteiger partial charge in [0.1, 0.15) is 11.6 Å². The second-order valence-corrected chi connectivity index (χ2v) is 7.52. The van der Waals surface area contributed by atoms with E-state index >= 15 is 0 Å². The standard InChI is InChI=1S/C23H23F2N3O3/c1-15-20(22(29)27-9-11-31-12-10-27)21(18-8-7-17(24)13-19(18)25)26-23(30)28(15)14-16-5-3-2-4-6-16/h2-8,13,21H,9-12,14H2,1H3,(H,26,30)/t21-/m0/s1. The molecule has 8 heteroatoms. The summed E-state index contributed by atoms with van der Waals surface area (Å²) in [5.41, 5.74) is 1.65. The molecular weight excluding hydrogens is 404 g/mol. The summed E-state index contributed by atoms with van der Waals surface area (Å²) in [6, 6.07) is 11.1. The molecule has 31 heavy (non-hydrogen) atoms. The van der Waals surface area contributed by atoms with Crippen molar-refractivity contribution in [2.24, 2.45) is 0 Å². The Kier molecular flexibility index (Phi) is 5.99. The number of urea groups is 1. The molecule has 6 nitrogen and oxygen atoms in total. The van der Waals surface area contributed by atoms with Gasteiger partial charge in [-0.05, 0) is 18.6 Å². The van der Waals surface area contributed by atoms with Crippen molar-refractivity contribution in [3.63, 3.8) is 0 Å². The zero-order valence-electron chi connectivity index (χ0n) is 17.1. The topological polar surface area (TPSA) is 61.9 Å². The van der Waals surface area contributed by atoms with Gasteiger partial charge in [-0.3, -0.25) is 9.69 Å². The van der Waals surface area contributed by atoms with E-state index in [1.807, 2.05) is 30.3 Å². The second-order valence-electron chi connectivity index (χ2n) is 7.52. The highest BCUT2D eigenvalue weighted by Gasteiger charge is 2.38. The second kappa shape index (κ2) is 8.85. The summed E-state index contributed by atoms with van der Waals surface area (Å²) in [4.78, 5) is 29.5. The normalized spacial score (nSPS) is 19.5. The molecule has 0 saturated carbocycles. The number of nitrogens with zero attached hydrogens (tertiary/aromatic N) is 2. The van der Waals surface area contributed by atoms with Crippen molar-refractivity contribution in [3.05, 3.63) is 82.6 Å². The van der Waals surface area contributed by atoms with Gasteiger partial charge in [0, 0.05) is 30.4 Å². The molecule has 2 aromatic carbocycles. The molecule has 2 heterocycles. The first-order chi connectivity index (χ1) is 15.0. The molecule has 1 N–H and O–H groups in total. The van der Waals surface area contributed by atoms with Crippen molar-refractivity contribution in [2.75, 3.05) is 26.3 Å². The van der Waals surface area contributed by atoms with Crippen LogP contribution in [0.25, 0.3) is 0 Å². The molecule has 2 aliphatic heterocycles. The van der Waals surface area contributed by atoms with E-state index in [0.29, 0.717) is 32.0 Å². The highest BCUT2D eigenvalue weighted by Crippen LogP contribution is 2.34. The molecule has 0 aromatic heterocycles. The van der Waals surface area contributed by atoms with Crippen LogP contribution < -0.4 is 5.32 Å². The molecule has 4 rings (SSSR count). The Bertz CT molecular complexity index is 1020. The summed E-state index contributed by atoms with van der Waals surface area (Å²) < 4.78 is 33.5. The molecule has 162 valence electrons. The monoisotopic (exact) mass is 427 g/mol. The van der Waals surface area contributed by atoms with Crippen LogP contribution in [0, 0.1) is 11.6 Å². The maximum Gasteiger partial charge on any atom is 0.322 e. The fourth-order valence-electron chi connectivity index (χ4n) is 3.92. The molecule has 0 spiro atoms. The number of halogens is 2. The lowest BCUT2D eigenvalue weighted by atomic mass is 9.93. The largest absolute Gasteiger partial charge is 0.378 e. The molecule has 1 atom stereocenters. The third kappa shape index (κ3) is 4.29. The van der Waals surface area contributed by atoms with Crippen molar-refractivity contribution in [1.82, 2.24) is 15.1 Å². The lowest BCUT2D eigenvalue weighted by molar-refractivity contribution is -0.131. The number of hydrogen-bond donors (Lipinski definition) is 1. The number of allylic oxidation sites excluding steroid dienone is 1. The number of morpholine rings is 1. The third-order valence-electron chi connectivity index (χ3n) is 5.58. The molecule has 1 saturated heterocycles. The van der Waals surface area contributed by atoms with Crippen LogP contribution in [0.15, 0.2) is 59.8 Å². The van der Waals surface area contributed by atoms with Gasteiger partial charge in [-0.2, -0.15) is 0 Å². The molecule has 0 bridgehead atoms. The number of nitrogens with one attached hydrogen (secondary N) is 1. The number of carbonyl (C=O) groups excluding carboxylic acids is 2. The fraction of sp³-hybridized carbons (Fsp3) is 0.304. The molecule has 0 aliphatic carbocycles. The number of ether oxygens (including phenoxy) is 1. The van der Waals surface area contributed by atoms with Crippen LogP contribution >= 0.6 is 0 Å². The van der Waals surface area contributed by atoms with E-state index in [1.54, 1.807) is 11.8 Å². The zero-order chi connectivity index (χ0) is 22.0. The van der Waals surface area contributed by atoms with E-state index in [-0.39, 0.29) is 23.6 Å². The van der Waals surface area contributed by atoms with Gasteiger partial charge in [0.05, 0.1) is 31.4 Å². The summed E-state index contributed by atoms with van der Waals surface area (Å²) in [6.07, 6.45) is 0. The van der Waals surface area contributed by atoms with E-state index in [1.165, 1.54) is 11.0 Å². The fourth-order valence-corrected chi connectivity index (χ4v) is 3.92. The van der Waals surface area contributed by atoms with Crippen molar-refractivity contribution in [3.8, 4) is 0 Å². The summed E-state index contributed by atoms with van der Waals surface area (Å²) in [6.45, 7) is 3.57. The molecule has 0 unspecified atom stereocenters. The van der Waals surface area contributed by atoms with E-state index in [0.717, 1.165) is 17.7 Å². The molecule has 0 radical (unpaired) electrons. The summed E-state index contributed by atoms with van der Waals surface area (Å²) >= 11 is 0. The van der Waals surface area contributed by atoms with Gasteiger partial charge in [0.15, 0.2) is 0 Å².